The van der Waals surface area contributed by atoms with Gasteiger partial charge in [-0.15, -0.1) is 11.3 Å². The van der Waals surface area contributed by atoms with E-state index in [1.165, 1.54) is 16.9 Å². The molecule has 0 atom stereocenters. The second-order valence-electron chi connectivity index (χ2n) is 5.97. The SMILES string of the molecule is Cc1nc2c(c(=O)[nH]1)CCN(C(=O)c1cc3c(s1)CCC3)C2. The third-order valence-corrected chi connectivity index (χ3v) is 5.66. The molecule has 0 spiro atoms. The van der Waals surface area contributed by atoms with Crippen LogP contribution in [0.2, 0.25) is 0 Å². The van der Waals surface area contributed by atoms with Gasteiger partial charge in [-0.2, -0.15) is 0 Å². The number of fused-ring (bicyclic) bond motifs is 2. The Morgan fingerprint density at radius 2 is 2.23 bits per heavy atom. The average molecular weight is 315 g/mol. The van der Waals surface area contributed by atoms with E-state index >= 15 is 0 Å². The van der Waals surface area contributed by atoms with Crippen LogP contribution in [0.3, 0.4) is 0 Å². The number of H-pyrrole nitrogens is 1. The maximum Gasteiger partial charge on any atom is 0.264 e. The van der Waals surface area contributed by atoms with Crippen LogP contribution >= 0.6 is 11.3 Å². The molecule has 114 valence electrons. The summed E-state index contributed by atoms with van der Waals surface area (Å²) in [5, 5.41) is 0. The summed E-state index contributed by atoms with van der Waals surface area (Å²) in [5.74, 6) is 0.679. The van der Waals surface area contributed by atoms with Crippen LogP contribution in [0.5, 0.6) is 0 Å². The number of hydrogen-bond acceptors (Lipinski definition) is 4. The molecule has 1 amide bonds. The van der Waals surface area contributed by atoms with Crippen LogP contribution in [0.25, 0.3) is 0 Å². The molecule has 0 aromatic carbocycles. The van der Waals surface area contributed by atoms with Gasteiger partial charge < -0.3 is 9.88 Å². The Bertz CT molecular complexity index is 800. The number of carbonyl (C=O) groups is 1. The van der Waals surface area contributed by atoms with Gasteiger partial charge in [-0.3, -0.25) is 9.59 Å². The fourth-order valence-corrected chi connectivity index (χ4v) is 4.55. The summed E-state index contributed by atoms with van der Waals surface area (Å²) in [6, 6.07) is 2.06. The van der Waals surface area contributed by atoms with Crippen molar-refractivity contribution in [3.63, 3.8) is 0 Å². The van der Waals surface area contributed by atoms with Crippen LogP contribution < -0.4 is 5.56 Å². The van der Waals surface area contributed by atoms with Gasteiger partial charge in [0.2, 0.25) is 0 Å². The van der Waals surface area contributed by atoms with E-state index in [1.54, 1.807) is 18.3 Å². The predicted molar refractivity (Wildman–Crippen MR) is 84.4 cm³/mol. The summed E-state index contributed by atoms with van der Waals surface area (Å²) >= 11 is 1.63. The first-order valence-electron chi connectivity index (χ1n) is 7.61. The Labute approximate surface area is 132 Å². The average Bonchev–Trinajstić information content (AvgIpc) is 3.06. The topological polar surface area (TPSA) is 66.1 Å². The molecule has 1 aliphatic carbocycles. The molecular formula is C16H17N3O2S. The van der Waals surface area contributed by atoms with Crippen LogP contribution in [0.4, 0.5) is 0 Å². The van der Waals surface area contributed by atoms with E-state index in [-0.39, 0.29) is 11.5 Å². The first kappa shape index (κ1) is 13.7. The lowest BCUT2D eigenvalue weighted by Gasteiger charge is -2.27. The van der Waals surface area contributed by atoms with Crippen LogP contribution in [0.1, 0.15) is 43.6 Å². The van der Waals surface area contributed by atoms with Crippen LogP contribution in [-0.4, -0.2) is 27.3 Å². The van der Waals surface area contributed by atoms with Crippen molar-refractivity contribution >= 4 is 17.2 Å². The Morgan fingerprint density at radius 3 is 3.05 bits per heavy atom. The molecule has 0 saturated heterocycles. The van der Waals surface area contributed by atoms with Crippen molar-refractivity contribution in [2.24, 2.45) is 0 Å². The third-order valence-electron chi connectivity index (χ3n) is 4.44. The zero-order valence-electron chi connectivity index (χ0n) is 12.4. The first-order valence-corrected chi connectivity index (χ1v) is 8.43. The molecule has 0 saturated carbocycles. The molecule has 2 aliphatic rings. The van der Waals surface area contributed by atoms with Gasteiger partial charge in [-0.1, -0.05) is 0 Å². The van der Waals surface area contributed by atoms with Crippen molar-refractivity contribution in [3.8, 4) is 0 Å². The van der Waals surface area contributed by atoms with Crippen LogP contribution in [-0.2, 0) is 25.8 Å². The summed E-state index contributed by atoms with van der Waals surface area (Å²) in [7, 11) is 0. The standard InChI is InChI=1S/C16H17N3O2S/c1-9-17-12-8-19(6-5-11(12)15(20)18-9)16(21)14-7-10-3-2-4-13(10)22-14/h7H,2-6,8H2,1H3,(H,17,18,20). The summed E-state index contributed by atoms with van der Waals surface area (Å²) in [4.78, 5) is 35.8. The third kappa shape index (κ3) is 2.18. The lowest BCUT2D eigenvalue weighted by Crippen LogP contribution is -2.39. The van der Waals surface area contributed by atoms with E-state index in [4.69, 9.17) is 0 Å². The monoisotopic (exact) mass is 315 g/mol. The zero-order valence-corrected chi connectivity index (χ0v) is 13.3. The van der Waals surface area contributed by atoms with Crippen molar-refractivity contribution in [1.29, 1.82) is 0 Å². The molecule has 1 N–H and O–H groups in total. The zero-order chi connectivity index (χ0) is 15.3. The molecule has 0 radical (unpaired) electrons. The molecule has 0 fully saturated rings. The Kier molecular flexibility index (Phi) is 3.14. The smallest absolute Gasteiger partial charge is 0.264 e. The van der Waals surface area contributed by atoms with Gasteiger partial charge in [-0.25, -0.2) is 4.98 Å². The number of thiophene rings is 1. The maximum absolute atomic E-state index is 12.7. The second kappa shape index (κ2) is 5.05. The molecule has 2 aromatic rings. The Balaban J connectivity index is 1.61. The summed E-state index contributed by atoms with van der Waals surface area (Å²) in [6.07, 6.45) is 3.98. The number of amides is 1. The fourth-order valence-electron chi connectivity index (χ4n) is 3.33. The molecule has 1 aliphatic heterocycles. The summed E-state index contributed by atoms with van der Waals surface area (Å²) in [5.41, 5.74) is 2.74. The number of carbonyl (C=O) groups excluding carboxylic acids is 1. The molecular weight excluding hydrogens is 298 g/mol. The van der Waals surface area contributed by atoms with Gasteiger partial charge in [0.1, 0.15) is 5.82 Å². The normalized spacial score (nSPS) is 16.5. The highest BCUT2D eigenvalue weighted by atomic mass is 32.1. The number of aromatic amines is 1. The maximum atomic E-state index is 12.7. The van der Waals surface area contributed by atoms with E-state index in [1.807, 2.05) is 4.90 Å². The van der Waals surface area contributed by atoms with Gasteiger partial charge >= 0.3 is 0 Å². The molecule has 6 heteroatoms. The number of nitrogens with one attached hydrogen (secondary N) is 1. The van der Waals surface area contributed by atoms with E-state index < -0.39 is 0 Å². The molecule has 2 aromatic heterocycles. The predicted octanol–water partition coefficient (Wildman–Crippen LogP) is 1.83. The van der Waals surface area contributed by atoms with Crippen molar-refractivity contribution in [2.75, 3.05) is 6.54 Å². The summed E-state index contributed by atoms with van der Waals surface area (Å²) in [6.45, 7) is 2.79. The molecule has 22 heavy (non-hydrogen) atoms. The minimum Gasteiger partial charge on any atom is -0.332 e. The highest BCUT2D eigenvalue weighted by Gasteiger charge is 2.27. The highest BCUT2D eigenvalue weighted by Crippen LogP contribution is 2.31. The van der Waals surface area contributed by atoms with Gasteiger partial charge in [0.15, 0.2) is 0 Å². The second-order valence-corrected chi connectivity index (χ2v) is 7.10. The lowest BCUT2D eigenvalue weighted by atomic mass is 10.1. The minimum absolute atomic E-state index is 0.0651. The van der Waals surface area contributed by atoms with Gasteiger partial charge in [0.05, 0.1) is 17.1 Å². The van der Waals surface area contributed by atoms with Crippen molar-refractivity contribution < 1.29 is 4.79 Å². The first-order chi connectivity index (χ1) is 10.6. The van der Waals surface area contributed by atoms with E-state index in [9.17, 15) is 9.59 Å². The van der Waals surface area contributed by atoms with Crippen LogP contribution in [0, 0.1) is 6.92 Å². The largest absolute Gasteiger partial charge is 0.332 e. The van der Waals surface area contributed by atoms with E-state index in [0.717, 1.165) is 29.0 Å². The molecule has 0 unspecified atom stereocenters. The van der Waals surface area contributed by atoms with E-state index in [2.05, 4.69) is 16.0 Å². The molecule has 0 bridgehead atoms. The number of aromatic nitrogens is 2. The minimum atomic E-state index is -0.0651. The van der Waals surface area contributed by atoms with Gasteiger partial charge in [0, 0.05) is 17.0 Å². The van der Waals surface area contributed by atoms with Gasteiger partial charge in [-0.05, 0) is 44.2 Å². The molecule has 4 rings (SSSR count). The Hall–Kier alpha value is -1.95. The van der Waals surface area contributed by atoms with E-state index in [0.29, 0.717) is 25.3 Å². The molecule has 5 nitrogen and oxygen atoms in total. The van der Waals surface area contributed by atoms with Crippen LogP contribution in [0.15, 0.2) is 10.9 Å². The summed E-state index contributed by atoms with van der Waals surface area (Å²) < 4.78 is 0. The highest BCUT2D eigenvalue weighted by molar-refractivity contribution is 7.14. The number of nitrogens with zero attached hydrogens (tertiary/aromatic N) is 2. The Morgan fingerprint density at radius 1 is 1.36 bits per heavy atom. The molecule has 3 heterocycles. The fraction of sp³-hybridized carbons (Fsp3) is 0.438. The number of hydrogen-bond donors (Lipinski definition) is 1. The lowest BCUT2D eigenvalue weighted by molar-refractivity contribution is 0.0736. The number of aryl methyl sites for hydroxylation is 3. The van der Waals surface area contributed by atoms with Crippen molar-refractivity contribution in [2.45, 2.75) is 39.2 Å². The number of rotatable bonds is 1. The van der Waals surface area contributed by atoms with Gasteiger partial charge in [0.25, 0.3) is 11.5 Å². The quantitative estimate of drug-likeness (QED) is 0.873. The van der Waals surface area contributed by atoms with Crippen molar-refractivity contribution in [3.05, 3.63) is 48.8 Å². The van der Waals surface area contributed by atoms with Crippen molar-refractivity contribution in [1.82, 2.24) is 14.9 Å².